The normalized spacial score (nSPS) is 19.8. The molecule has 2 saturated carbocycles. The molecular weight excluding hydrogens is 479 g/mol. The van der Waals surface area contributed by atoms with E-state index in [4.69, 9.17) is 9.47 Å². The van der Waals surface area contributed by atoms with E-state index in [1.165, 1.54) is 37.3 Å². The standard InChI is InChI=1S/C33H37FO4/c1-21-5-3-8-28(21)30-16-23(11-13-29(30)31-19-26(37-2)12-14-32(31)34)20-38-27-7-4-6-24(17-27)25(18-33(35)36)15-22-9-10-22/h4,6-7,11-14,16-17,19,21-22,25,28H,3,5,8-10,15,18,20H2,1-2H3,(H,35,36)/t21-,25+,28+/m1/s1. The second-order valence-electron chi connectivity index (χ2n) is 11.1. The molecule has 5 rings (SSSR count). The second-order valence-corrected chi connectivity index (χ2v) is 11.1. The van der Waals surface area contributed by atoms with E-state index in [1.54, 1.807) is 19.2 Å². The smallest absolute Gasteiger partial charge is 0.303 e. The number of benzene rings is 3. The molecule has 2 aliphatic carbocycles. The van der Waals surface area contributed by atoms with Gasteiger partial charge in [-0.2, -0.15) is 0 Å². The third-order valence-electron chi connectivity index (χ3n) is 8.31. The van der Waals surface area contributed by atoms with Crippen molar-refractivity contribution in [3.8, 4) is 22.6 Å². The number of aliphatic carboxylic acids is 1. The lowest BCUT2D eigenvalue weighted by molar-refractivity contribution is -0.137. The largest absolute Gasteiger partial charge is 0.497 e. The maximum atomic E-state index is 15.0. The molecule has 3 aromatic carbocycles. The average molecular weight is 517 g/mol. The number of hydrogen-bond acceptors (Lipinski definition) is 3. The van der Waals surface area contributed by atoms with Crippen LogP contribution in [0.15, 0.2) is 60.7 Å². The van der Waals surface area contributed by atoms with Crippen LogP contribution in [0.1, 0.15) is 80.4 Å². The van der Waals surface area contributed by atoms with Gasteiger partial charge in [0.25, 0.3) is 0 Å². The Bertz CT molecular complexity index is 1280. The molecule has 0 aromatic heterocycles. The van der Waals surface area contributed by atoms with Crippen molar-refractivity contribution in [2.24, 2.45) is 11.8 Å². The maximum Gasteiger partial charge on any atom is 0.303 e. The highest BCUT2D eigenvalue weighted by atomic mass is 19.1. The van der Waals surface area contributed by atoms with E-state index in [1.807, 2.05) is 36.4 Å². The Hall–Kier alpha value is -3.34. The summed E-state index contributed by atoms with van der Waals surface area (Å²) in [5.74, 6) is 1.94. The Morgan fingerprint density at radius 1 is 1.00 bits per heavy atom. The predicted molar refractivity (Wildman–Crippen MR) is 147 cm³/mol. The third kappa shape index (κ3) is 6.20. The van der Waals surface area contributed by atoms with Gasteiger partial charge < -0.3 is 14.6 Å². The van der Waals surface area contributed by atoms with Crippen LogP contribution in [0.3, 0.4) is 0 Å². The van der Waals surface area contributed by atoms with Gasteiger partial charge in [-0.05, 0) is 89.1 Å². The Kier molecular flexibility index (Phi) is 8.01. The van der Waals surface area contributed by atoms with Gasteiger partial charge in [0.2, 0.25) is 0 Å². The fourth-order valence-electron chi connectivity index (χ4n) is 6.03. The number of carboxylic acid groups (broad SMARTS) is 1. The Labute approximate surface area is 224 Å². The molecule has 0 bridgehead atoms. The summed E-state index contributed by atoms with van der Waals surface area (Å²) < 4.78 is 26.6. The van der Waals surface area contributed by atoms with Gasteiger partial charge in [-0.15, -0.1) is 0 Å². The summed E-state index contributed by atoms with van der Waals surface area (Å²) in [7, 11) is 1.60. The minimum atomic E-state index is -0.761. The minimum Gasteiger partial charge on any atom is -0.497 e. The summed E-state index contributed by atoms with van der Waals surface area (Å²) in [4.78, 5) is 11.5. The lowest BCUT2D eigenvalue weighted by Gasteiger charge is -2.22. The highest BCUT2D eigenvalue weighted by Gasteiger charge is 2.29. The van der Waals surface area contributed by atoms with Crippen molar-refractivity contribution in [3.05, 3.63) is 83.2 Å². The SMILES string of the molecule is COc1ccc(F)c(-c2ccc(COc3cccc([C@H](CC(=O)O)CC4CC4)c3)cc2[C@H]2CCC[C@H]2C)c1. The number of ether oxygens (including phenoxy) is 2. The van der Waals surface area contributed by atoms with E-state index in [9.17, 15) is 14.3 Å². The van der Waals surface area contributed by atoms with Gasteiger partial charge in [-0.25, -0.2) is 4.39 Å². The van der Waals surface area contributed by atoms with Gasteiger partial charge >= 0.3 is 5.97 Å². The summed E-state index contributed by atoms with van der Waals surface area (Å²) in [6.45, 7) is 2.68. The Morgan fingerprint density at radius 2 is 1.84 bits per heavy atom. The monoisotopic (exact) mass is 516 g/mol. The van der Waals surface area contributed by atoms with E-state index in [2.05, 4.69) is 13.0 Å². The van der Waals surface area contributed by atoms with Crippen molar-refractivity contribution in [2.45, 2.75) is 70.3 Å². The summed E-state index contributed by atoms with van der Waals surface area (Å²) in [5, 5.41) is 9.42. The molecule has 0 saturated heterocycles. The van der Waals surface area contributed by atoms with Gasteiger partial charge in [0.05, 0.1) is 13.5 Å². The van der Waals surface area contributed by atoms with Gasteiger partial charge in [0.1, 0.15) is 23.9 Å². The number of halogens is 1. The maximum absolute atomic E-state index is 15.0. The van der Waals surface area contributed by atoms with Crippen LogP contribution >= 0.6 is 0 Å². The first-order valence-electron chi connectivity index (χ1n) is 13.8. The number of methoxy groups -OCH3 is 1. The molecule has 0 unspecified atom stereocenters. The molecular formula is C33H37FO4. The minimum absolute atomic E-state index is 0.0102. The van der Waals surface area contributed by atoms with Crippen LogP contribution in [0.25, 0.3) is 11.1 Å². The van der Waals surface area contributed by atoms with Crippen LogP contribution in [0.4, 0.5) is 4.39 Å². The van der Waals surface area contributed by atoms with E-state index >= 15 is 0 Å². The summed E-state index contributed by atoms with van der Waals surface area (Å²) >= 11 is 0. The molecule has 5 heteroatoms. The predicted octanol–water partition coefficient (Wildman–Crippen LogP) is 8.34. The summed E-state index contributed by atoms with van der Waals surface area (Å²) in [5.41, 5.74) is 4.72. The van der Waals surface area contributed by atoms with Crippen molar-refractivity contribution in [1.82, 2.24) is 0 Å². The fourth-order valence-corrected chi connectivity index (χ4v) is 6.03. The molecule has 3 aromatic rings. The summed E-state index contributed by atoms with van der Waals surface area (Å²) in [6.07, 6.45) is 6.91. The number of rotatable bonds is 11. The van der Waals surface area contributed by atoms with Gasteiger partial charge in [0, 0.05) is 5.56 Å². The molecule has 0 radical (unpaired) electrons. The van der Waals surface area contributed by atoms with Crippen LogP contribution < -0.4 is 9.47 Å². The van der Waals surface area contributed by atoms with E-state index < -0.39 is 5.97 Å². The quantitative estimate of drug-likeness (QED) is 0.278. The van der Waals surface area contributed by atoms with E-state index in [-0.39, 0.29) is 18.2 Å². The van der Waals surface area contributed by atoms with Gasteiger partial charge in [0.15, 0.2) is 0 Å². The van der Waals surface area contributed by atoms with Crippen molar-refractivity contribution >= 4 is 5.97 Å². The Morgan fingerprint density at radius 3 is 2.55 bits per heavy atom. The molecule has 1 N–H and O–H groups in total. The van der Waals surface area contributed by atoms with Crippen LogP contribution in [0, 0.1) is 17.7 Å². The topological polar surface area (TPSA) is 55.8 Å². The van der Waals surface area contributed by atoms with E-state index in [0.717, 1.165) is 35.3 Å². The van der Waals surface area contributed by atoms with Crippen molar-refractivity contribution in [1.29, 1.82) is 0 Å². The molecule has 0 spiro atoms. The number of carbonyl (C=O) groups is 1. The highest BCUT2D eigenvalue weighted by Crippen LogP contribution is 2.44. The molecule has 2 fully saturated rings. The number of hydrogen-bond donors (Lipinski definition) is 1. The van der Waals surface area contributed by atoms with Crippen LogP contribution in [0.5, 0.6) is 11.5 Å². The van der Waals surface area contributed by atoms with Crippen molar-refractivity contribution < 1.29 is 23.8 Å². The molecule has 3 atom stereocenters. The lowest BCUT2D eigenvalue weighted by Crippen LogP contribution is -2.08. The number of carboxylic acids is 1. The van der Waals surface area contributed by atoms with Gasteiger partial charge in [-0.1, -0.05) is 62.9 Å². The van der Waals surface area contributed by atoms with E-state index in [0.29, 0.717) is 35.7 Å². The second kappa shape index (κ2) is 11.6. The lowest BCUT2D eigenvalue weighted by atomic mass is 9.84. The molecule has 38 heavy (non-hydrogen) atoms. The summed E-state index contributed by atoms with van der Waals surface area (Å²) in [6, 6.07) is 19.0. The molecule has 0 amide bonds. The highest BCUT2D eigenvalue weighted by molar-refractivity contribution is 5.71. The first kappa shape index (κ1) is 26.3. The molecule has 0 aliphatic heterocycles. The molecule has 0 heterocycles. The van der Waals surface area contributed by atoms with Crippen LogP contribution in [-0.2, 0) is 11.4 Å². The molecule has 4 nitrogen and oxygen atoms in total. The molecule has 200 valence electrons. The van der Waals surface area contributed by atoms with Crippen molar-refractivity contribution in [3.63, 3.8) is 0 Å². The van der Waals surface area contributed by atoms with Crippen molar-refractivity contribution in [2.75, 3.05) is 7.11 Å². The third-order valence-corrected chi connectivity index (χ3v) is 8.31. The Balaban J connectivity index is 1.39. The zero-order valence-electron chi connectivity index (χ0n) is 22.3. The fraction of sp³-hybridized carbons (Fsp3) is 0.424. The van der Waals surface area contributed by atoms with Crippen LogP contribution in [0.2, 0.25) is 0 Å². The van der Waals surface area contributed by atoms with Gasteiger partial charge in [-0.3, -0.25) is 4.79 Å². The van der Waals surface area contributed by atoms with Crippen LogP contribution in [-0.4, -0.2) is 18.2 Å². The average Bonchev–Trinajstić information content (AvgIpc) is 3.64. The first-order chi connectivity index (χ1) is 18.4. The first-order valence-corrected chi connectivity index (χ1v) is 13.8. The molecule has 2 aliphatic rings. The zero-order valence-corrected chi connectivity index (χ0v) is 22.3. The zero-order chi connectivity index (χ0) is 26.6.